The van der Waals surface area contributed by atoms with E-state index in [1.54, 1.807) is 39.3 Å². The Labute approximate surface area is 225 Å². The highest BCUT2D eigenvalue weighted by Crippen LogP contribution is 2.44. The van der Waals surface area contributed by atoms with Gasteiger partial charge in [-0.25, -0.2) is 23.1 Å². The number of hydrogen-bond acceptors (Lipinski definition) is 7. The summed E-state index contributed by atoms with van der Waals surface area (Å²) in [7, 11) is -1.87. The Morgan fingerprint density at radius 1 is 1.13 bits per heavy atom. The van der Waals surface area contributed by atoms with Gasteiger partial charge in [0.25, 0.3) is 5.91 Å². The standard InChI is InChI=1S/C27H37N5O5S/c1-18(11-13-37-6)29-23-14-19(10-12-28-23)16-30-25(34)32(24(33)27(30,4)5)20-8-9-21-22(15-20)31(38(7,35)36)17-26(21,2)3/h8-10,12,14-15,18H,11,13,16-17H2,1-7H3,(H,28,29). The molecule has 10 nitrogen and oxygen atoms in total. The first-order valence-electron chi connectivity index (χ1n) is 12.7. The van der Waals surface area contributed by atoms with Crippen LogP contribution in [0.15, 0.2) is 36.5 Å². The predicted molar refractivity (Wildman–Crippen MR) is 148 cm³/mol. The van der Waals surface area contributed by atoms with Gasteiger partial charge in [-0.15, -0.1) is 0 Å². The van der Waals surface area contributed by atoms with Crippen molar-refractivity contribution in [2.24, 2.45) is 0 Å². The van der Waals surface area contributed by atoms with Crippen molar-refractivity contribution < 1.29 is 22.7 Å². The van der Waals surface area contributed by atoms with Crippen molar-refractivity contribution >= 4 is 39.2 Å². The Hall–Kier alpha value is -3.18. The molecule has 1 unspecified atom stereocenters. The Balaban J connectivity index is 1.62. The summed E-state index contributed by atoms with van der Waals surface area (Å²) in [6, 6.07) is 8.56. The third kappa shape index (κ3) is 5.09. The van der Waals surface area contributed by atoms with E-state index in [9.17, 15) is 18.0 Å². The topological polar surface area (TPSA) is 112 Å². The lowest BCUT2D eigenvalue weighted by Gasteiger charge is -2.28. The van der Waals surface area contributed by atoms with Crippen LogP contribution in [0.3, 0.4) is 0 Å². The minimum absolute atomic E-state index is 0.149. The van der Waals surface area contributed by atoms with Gasteiger partial charge in [0, 0.05) is 44.5 Å². The molecule has 0 spiro atoms. The number of fused-ring (bicyclic) bond motifs is 1. The van der Waals surface area contributed by atoms with Crippen LogP contribution in [0.4, 0.5) is 22.0 Å². The van der Waals surface area contributed by atoms with Gasteiger partial charge in [0.15, 0.2) is 0 Å². The van der Waals surface area contributed by atoms with Gasteiger partial charge in [0.05, 0.1) is 17.6 Å². The quantitative estimate of drug-likeness (QED) is 0.480. The van der Waals surface area contributed by atoms with Crippen LogP contribution in [-0.4, -0.2) is 68.3 Å². The highest BCUT2D eigenvalue weighted by molar-refractivity contribution is 7.92. The molecule has 2 aliphatic rings. The average Bonchev–Trinajstić information content (AvgIpc) is 3.20. The van der Waals surface area contributed by atoms with Gasteiger partial charge in [-0.2, -0.15) is 0 Å². The number of aromatic nitrogens is 1. The SMILES string of the molecule is COCCC(C)Nc1cc(CN2C(=O)N(c3ccc4c(c3)N(S(C)(=O)=O)CC4(C)C)C(=O)C2(C)C)ccn1. The molecule has 1 atom stereocenters. The van der Waals surface area contributed by atoms with Crippen LogP contribution >= 0.6 is 0 Å². The molecule has 1 aromatic carbocycles. The molecule has 1 aromatic heterocycles. The fourth-order valence-electron chi connectivity index (χ4n) is 5.05. The van der Waals surface area contributed by atoms with E-state index in [-0.39, 0.29) is 18.5 Å². The van der Waals surface area contributed by atoms with E-state index in [1.165, 1.54) is 9.21 Å². The number of imide groups is 1. The summed E-state index contributed by atoms with van der Waals surface area (Å²) >= 11 is 0. The zero-order valence-electron chi connectivity index (χ0n) is 23.1. The van der Waals surface area contributed by atoms with E-state index >= 15 is 0 Å². The van der Waals surface area contributed by atoms with E-state index in [0.29, 0.717) is 30.3 Å². The molecule has 0 saturated carbocycles. The number of ether oxygens (including phenoxy) is 1. The first kappa shape index (κ1) is 27.8. The summed E-state index contributed by atoms with van der Waals surface area (Å²) in [4.78, 5) is 34.3. The van der Waals surface area contributed by atoms with Gasteiger partial charge in [-0.1, -0.05) is 19.9 Å². The van der Waals surface area contributed by atoms with Crippen LogP contribution < -0.4 is 14.5 Å². The van der Waals surface area contributed by atoms with Gasteiger partial charge < -0.3 is 15.0 Å². The molecule has 1 N–H and O–H groups in total. The Morgan fingerprint density at radius 2 is 1.84 bits per heavy atom. The van der Waals surface area contributed by atoms with Crippen molar-refractivity contribution in [3.63, 3.8) is 0 Å². The number of pyridine rings is 1. The van der Waals surface area contributed by atoms with Gasteiger partial charge >= 0.3 is 6.03 Å². The van der Waals surface area contributed by atoms with Crippen molar-refractivity contribution in [3.05, 3.63) is 47.7 Å². The largest absolute Gasteiger partial charge is 0.385 e. The molecule has 0 radical (unpaired) electrons. The second kappa shape index (κ2) is 9.85. The molecular formula is C27H37N5O5S. The maximum Gasteiger partial charge on any atom is 0.332 e. The summed E-state index contributed by atoms with van der Waals surface area (Å²) in [5.74, 6) is 0.312. The average molecular weight is 544 g/mol. The zero-order chi connectivity index (χ0) is 28.0. The van der Waals surface area contributed by atoms with Crippen molar-refractivity contribution in [1.29, 1.82) is 0 Å². The Bertz CT molecular complexity index is 1360. The number of benzene rings is 1. The smallest absolute Gasteiger partial charge is 0.332 e. The monoisotopic (exact) mass is 543 g/mol. The van der Waals surface area contributed by atoms with Crippen LogP contribution in [-0.2, 0) is 31.5 Å². The van der Waals surface area contributed by atoms with Crippen molar-refractivity contribution in [2.75, 3.05) is 41.0 Å². The number of carbonyl (C=O) groups excluding carboxylic acids is 2. The van der Waals surface area contributed by atoms with E-state index in [1.807, 2.05) is 39.0 Å². The highest BCUT2D eigenvalue weighted by Gasteiger charge is 2.52. The minimum atomic E-state index is -3.53. The first-order valence-corrected chi connectivity index (χ1v) is 14.5. The lowest BCUT2D eigenvalue weighted by Crippen LogP contribution is -2.43. The normalized spacial score (nSPS) is 19.2. The Morgan fingerprint density at radius 3 is 2.50 bits per heavy atom. The number of urea groups is 1. The van der Waals surface area contributed by atoms with Crippen LogP contribution in [0, 0.1) is 0 Å². The molecule has 0 aliphatic carbocycles. The number of rotatable bonds is 9. The number of nitrogens with zero attached hydrogens (tertiary/aromatic N) is 4. The van der Waals surface area contributed by atoms with Crippen LogP contribution in [0.2, 0.25) is 0 Å². The summed E-state index contributed by atoms with van der Waals surface area (Å²) in [5, 5.41) is 3.34. The first-order chi connectivity index (χ1) is 17.7. The molecule has 3 amide bonds. The second-order valence-electron chi connectivity index (χ2n) is 11.3. The maximum atomic E-state index is 13.7. The van der Waals surface area contributed by atoms with Gasteiger partial charge in [0.1, 0.15) is 11.4 Å². The van der Waals surface area contributed by atoms with E-state index < -0.39 is 27.0 Å². The van der Waals surface area contributed by atoms with Gasteiger partial charge in [-0.3, -0.25) is 9.10 Å². The van der Waals surface area contributed by atoms with Gasteiger partial charge in [0.2, 0.25) is 10.0 Å². The zero-order valence-corrected chi connectivity index (χ0v) is 23.9. The van der Waals surface area contributed by atoms with Crippen molar-refractivity contribution in [3.8, 4) is 0 Å². The summed E-state index contributed by atoms with van der Waals surface area (Å²) in [5.41, 5.74) is 1.04. The number of anilines is 3. The molecule has 206 valence electrons. The number of nitrogens with one attached hydrogen (secondary N) is 1. The third-order valence-electron chi connectivity index (χ3n) is 7.31. The van der Waals surface area contributed by atoms with Crippen molar-refractivity contribution in [1.82, 2.24) is 9.88 Å². The van der Waals surface area contributed by atoms with Crippen molar-refractivity contribution in [2.45, 2.75) is 64.6 Å². The van der Waals surface area contributed by atoms with E-state index in [0.717, 1.165) is 28.7 Å². The third-order valence-corrected chi connectivity index (χ3v) is 8.44. The Kier molecular flexibility index (Phi) is 7.22. The lowest BCUT2D eigenvalue weighted by atomic mass is 9.87. The number of carbonyl (C=O) groups is 2. The van der Waals surface area contributed by atoms with E-state index in [4.69, 9.17) is 4.74 Å². The predicted octanol–water partition coefficient (Wildman–Crippen LogP) is 3.72. The number of amides is 3. The molecule has 0 bridgehead atoms. The van der Waals surface area contributed by atoms with Crippen LogP contribution in [0.5, 0.6) is 0 Å². The highest BCUT2D eigenvalue weighted by atomic mass is 32.2. The van der Waals surface area contributed by atoms with Crippen LogP contribution in [0.1, 0.15) is 52.2 Å². The molecule has 1 fully saturated rings. The fraction of sp³-hybridized carbons (Fsp3) is 0.519. The molecule has 38 heavy (non-hydrogen) atoms. The number of sulfonamides is 1. The minimum Gasteiger partial charge on any atom is -0.385 e. The molecule has 2 aliphatic heterocycles. The molecular weight excluding hydrogens is 506 g/mol. The molecule has 1 saturated heterocycles. The fourth-order valence-corrected chi connectivity index (χ4v) is 6.11. The molecule has 4 rings (SSSR count). The second-order valence-corrected chi connectivity index (χ2v) is 13.2. The van der Waals surface area contributed by atoms with Crippen LogP contribution in [0.25, 0.3) is 0 Å². The van der Waals surface area contributed by atoms with E-state index in [2.05, 4.69) is 10.3 Å². The number of methoxy groups -OCH3 is 1. The molecule has 11 heteroatoms. The summed E-state index contributed by atoms with van der Waals surface area (Å²) in [6.07, 6.45) is 3.66. The van der Waals surface area contributed by atoms with Gasteiger partial charge in [-0.05, 0) is 62.6 Å². The summed E-state index contributed by atoms with van der Waals surface area (Å²) < 4.78 is 31.5. The number of hydrogen-bond donors (Lipinski definition) is 1. The summed E-state index contributed by atoms with van der Waals surface area (Å²) in [6.45, 7) is 10.6. The maximum absolute atomic E-state index is 13.7. The lowest BCUT2D eigenvalue weighted by molar-refractivity contribution is -0.123. The molecule has 3 heterocycles. The molecule has 2 aromatic rings.